The fraction of sp³-hybridized carbons (Fsp3) is 0.429. The van der Waals surface area contributed by atoms with Crippen LogP contribution in [0.2, 0.25) is 0 Å². The Morgan fingerprint density at radius 3 is 2.71 bits per heavy atom. The summed E-state index contributed by atoms with van der Waals surface area (Å²) in [4.78, 5) is 24.0. The smallest absolute Gasteiger partial charge is 0.283 e. The number of fused-ring (bicyclic) bond motifs is 1. The van der Waals surface area contributed by atoms with Gasteiger partial charge in [-0.25, -0.2) is 0 Å². The van der Waals surface area contributed by atoms with Crippen LogP contribution in [0.25, 0.3) is 10.9 Å². The normalized spacial score (nSPS) is 22.0. The number of aromatic nitrogens is 1. The maximum atomic E-state index is 12.1. The van der Waals surface area contributed by atoms with Crippen molar-refractivity contribution in [1.29, 1.82) is 0 Å². The van der Waals surface area contributed by atoms with E-state index in [1.807, 2.05) is 37.4 Å². The molecule has 150 valence electrons. The van der Waals surface area contributed by atoms with Crippen molar-refractivity contribution in [1.82, 2.24) is 4.57 Å². The molecule has 2 aromatic rings. The van der Waals surface area contributed by atoms with Crippen molar-refractivity contribution in [3.8, 4) is 0 Å². The van der Waals surface area contributed by atoms with Crippen LogP contribution in [0.1, 0.15) is 43.0 Å². The minimum atomic E-state index is -0.661. The largest absolute Gasteiger partial charge is 0.459 e. The third-order valence-corrected chi connectivity index (χ3v) is 5.10. The average molecular weight is 386 g/mol. The van der Waals surface area contributed by atoms with E-state index in [4.69, 9.17) is 15.2 Å². The van der Waals surface area contributed by atoms with Crippen molar-refractivity contribution in [3.63, 3.8) is 0 Å². The van der Waals surface area contributed by atoms with Gasteiger partial charge in [-0.1, -0.05) is 18.2 Å². The van der Waals surface area contributed by atoms with Crippen molar-refractivity contribution >= 4 is 22.7 Å². The molecule has 7 nitrogen and oxygen atoms in total. The zero-order chi connectivity index (χ0) is 20.3. The number of ether oxygens (including phenoxy) is 2. The molecule has 28 heavy (non-hydrogen) atoms. The lowest BCUT2D eigenvalue weighted by molar-refractivity contribution is -0.165. The lowest BCUT2D eigenvalue weighted by Gasteiger charge is -2.36. The Morgan fingerprint density at radius 1 is 1.32 bits per heavy atom. The highest BCUT2D eigenvalue weighted by Crippen LogP contribution is 2.42. The number of para-hydroxylation sites is 1. The summed E-state index contributed by atoms with van der Waals surface area (Å²) >= 11 is 0. The molecule has 1 aromatic carbocycles. The Kier molecular flexibility index (Phi) is 6.16. The maximum Gasteiger partial charge on any atom is 0.283 e. The molecular weight excluding hydrogens is 360 g/mol. The van der Waals surface area contributed by atoms with Gasteiger partial charge in [-0.3, -0.25) is 14.2 Å². The van der Waals surface area contributed by atoms with Crippen LogP contribution >= 0.6 is 0 Å². The van der Waals surface area contributed by atoms with Crippen molar-refractivity contribution < 1.29 is 24.2 Å². The molecule has 1 aliphatic heterocycles. The van der Waals surface area contributed by atoms with Gasteiger partial charge in [-0.15, -0.1) is 0 Å². The van der Waals surface area contributed by atoms with Crippen LogP contribution < -0.4 is 5.73 Å². The van der Waals surface area contributed by atoms with Gasteiger partial charge in [0.2, 0.25) is 12.2 Å². The Hall–Kier alpha value is -2.64. The van der Waals surface area contributed by atoms with E-state index < -0.39 is 12.2 Å². The first-order valence-electron chi connectivity index (χ1n) is 9.49. The maximum absolute atomic E-state index is 12.1. The first-order valence-corrected chi connectivity index (χ1v) is 9.49. The SMILES string of the molecule is CCO[C@H]1OC(C(N)=O)=C[C@@H](c2cn(C(C)=O)c3ccccc23)[C@H]1CCCO. The summed E-state index contributed by atoms with van der Waals surface area (Å²) in [6.07, 6.45) is 4.07. The van der Waals surface area contributed by atoms with Crippen LogP contribution in [0.4, 0.5) is 0 Å². The number of nitrogens with zero attached hydrogens (tertiary/aromatic N) is 1. The second kappa shape index (κ2) is 8.58. The summed E-state index contributed by atoms with van der Waals surface area (Å²) in [6.45, 7) is 3.82. The molecule has 0 spiro atoms. The molecule has 7 heteroatoms. The number of benzene rings is 1. The predicted octanol–water partition coefficient (Wildman–Crippen LogP) is 2.54. The summed E-state index contributed by atoms with van der Waals surface area (Å²) in [7, 11) is 0. The van der Waals surface area contributed by atoms with Gasteiger partial charge in [0, 0.05) is 43.6 Å². The van der Waals surface area contributed by atoms with E-state index in [-0.39, 0.29) is 30.1 Å². The Balaban J connectivity index is 2.16. The van der Waals surface area contributed by atoms with E-state index in [9.17, 15) is 14.7 Å². The van der Waals surface area contributed by atoms with Crippen molar-refractivity contribution in [3.05, 3.63) is 47.9 Å². The molecule has 3 rings (SSSR count). The van der Waals surface area contributed by atoms with Gasteiger partial charge in [0.25, 0.3) is 5.91 Å². The summed E-state index contributed by atoms with van der Waals surface area (Å²) in [5.74, 6) is -1.08. The predicted molar refractivity (Wildman–Crippen MR) is 105 cm³/mol. The zero-order valence-corrected chi connectivity index (χ0v) is 16.1. The van der Waals surface area contributed by atoms with E-state index >= 15 is 0 Å². The number of primary amides is 1. The van der Waals surface area contributed by atoms with E-state index in [1.165, 1.54) is 6.92 Å². The molecular formula is C21H26N2O5. The summed E-state index contributed by atoms with van der Waals surface area (Å²) in [5, 5.41) is 10.3. The van der Waals surface area contributed by atoms with Crippen LogP contribution in [0.3, 0.4) is 0 Å². The van der Waals surface area contributed by atoms with Gasteiger partial charge in [0.15, 0.2) is 5.76 Å². The highest BCUT2D eigenvalue weighted by Gasteiger charge is 2.38. The van der Waals surface area contributed by atoms with Crippen molar-refractivity contribution in [2.24, 2.45) is 11.7 Å². The van der Waals surface area contributed by atoms with Gasteiger partial charge in [0.1, 0.15) is 0 Å². The molecule has 2 heterocycles. The van der Waals surface area contributed by atoms with Crippen LogP contribution in [-0.4, -0.2) is 41.0 Å². The topological polar surface area (TPSA) is 104 Å². The molecule has 0 fully saturated rings. The van der Waals surface area contributed by atoms with Crippen molar-refractivity contribution in [2.75, 3.05) is 13.2 Å². The van der Waals surface area contributed by atoms with Crippen LogP contribution in [0.15, 0.2) is 42.3 Å². The first-order chi connectivity index (χ1) is 13.5. The third kappa shape index (κ3) is 3.81. The standard InChI is InChI=1S/C21H26N2O5/c1-3-27-21-15(8-6-10-24)16(11-19(28-21)20(22)26)17-12-23(13(2)25)18-9-5-4-7-14(17)18/h4-5,7,9,11-12,15-16,21,24H,3,6,8,10H2,1-2H3,(H2,22,26)/t15-,16-,21+/m1/s1. The fourth-order valence-electron chi connectivity index (χ4n) is 3.87. The molecule has 0 radical (unpaired) electrons. The zero-order valence-electron chi connectivity index (χ0n) is 16.1. The summed E-state index contributed by atoms with van der Waals surface area (Å²) in [5.41, 5.74) is 7.20. The Bertz CT molecular complexity index is 901. The van der Waals surface area contributed by atoms with Crippen LogP contribution in [0, 0.1) is 5.92 Å². The number of allylic oxidation sites excluding steroid dienone is 1. The number of aliphatic hydroxyl groups is 1. The number of nitrogens with two attached hydrogens (primary N) is 1. The molecule has 3 atom stereocenters. The molecule has 0 aliphatic carbocycles. The molecule has 1 aliphatic rings. The van der Waals surface area contributed by atoms with E-state index in [0.29, 0.717) is 19.4 Å². The van der Waals surface area contributed by atoms with Gasteiger partial charge in [-0.2, -0.15) is 0 Å². The second-order valence-corrected chi connectivity index (χ2v) is 6.88. The quantitative estimate of drug-likeness (QED) is 0.761. The number of carbonyl (C=O) groups is 2. The lowest BCUT2D eigenvalue weighted by atomic mass is 9.80. The average Bonchev–Trinajstić information content (AvgIpc) is 3.06. The molecule has 0 bridgehead atoms. The molecule has 0 saturated heterocycles. The highest BCUT2D eigenvalue weighted by atomic mass is 16.7. The monoisotopic (exact) mass is 386 g/mol. The number of hydrogen-bond donors (Lipinski definition) is 2. The number of carbonyl (C=O) groups excluding carboxylic acids is 2. The van der Waals surface area contributed by atoms with Gasteiger partial charge in [0.05, 0.1) is 5.52 Å². The molecule has 1 aromatic heterocycles. The fourth-order valence-corrected chi connectivity index (χ4v) is 3.87. The summed E-state index contributed by atoms with van der Waals surface area (Å²) in [6, 6.07) is 7.64. The second-order valence-electron chi connectivity index (χ2n) is 6.88. The minimum Gasteiger partial charge on any atom is -0.459 e. The molecule has 1 amide bonds. The molecule has 0 saturated carbocycles. The Labute approximate surface area is 163 Å². The van der Waals surface area contributed by atoms with Gasteiger partial charge >= 0.3 is 0 Å². The van der Waals surface area contributed by atoms with E-state index in [2.05, 4.69) is 0 Å². The molecule has 3 N–H and O–H groups in total. The Morgan fingerprint density at radius 2 is 2.07 bits per heavy atom. The summed E-state index contributed by atoms with van der Waals surface area (Å²) < 4.78 is 13.1. The first kappa shape index (κ1) is 20.1. The number of amides is 1. The van der Waals surface area contributed by atoms with Gasteiger partial charge < -0.3 is 20.3 Å². The van der Waals surface area contributed by atoms with Crippen LogP contribution in [0.5, 0.6) is 0 Å². The van der Waals surface area contributed by atoms with Crippen molar-refractivity contribution in [2.45, 2.75) is 38.9 Å². The number of hydrogen-bond acceptors (Lipinski definition) is 5. The third-order valence-electron chi connectivity index (χ3n) is 5.10. The van der Waals surface area contributed by atoms with E-state index in [0.717, 1.165) is 16.5 Å². The number of rotatable bonds is 7. The minimum absolute atomic E-state index is 0.0453. The highest BCUT2D eigenvalue weighted by molar-refractivity contribution is 5.94. The van der Waals surface area contributed by atoms with Crippen LogP contribution in [-0.2, 0) is 14.3 Å². The lowest BCUT2D eigenvalue weighted by Crippen LogP contribution is -2.37. The number of aliphatic hydroxyl groups excluding tert-OH is 1. The van der Waals surface area contributed by atoms with E-state index in [1.54, 1.807) is 10.6 Å². The van der Waals surface area contributed by atoms with Gasteiger partial charge in [-0.05, 0) is 37.5 Å². The molecule has 0 unspecified atom stereocenters.